The van der Waals surface area contributed by atoms with Crippen molar-refractivity contribution < 1.29 is 9.53 Å². The van der Waals surface area contributed by atoms with Crippen LogP contribution in [0.4, 0.5) is 11.5 Å². The van der Waals surface area contributed by atoms with E-state index in [4.69, 9.17) is 4.74 Å². The second kappa shape index (κ2) is 8.58. The first-order valence-corrected chi connectivity index (χ1v) is 9.98. The number of ether oxygens (including phenoxy) is 1. The topological polar surface area (TPSA) is 102 Å². The molecule has 0 saturated carbocycles. The minimum Gasteiger partial charge on any atom is -0.372 e. The monoisotopic (exact) mass is 408 g/mol. The number of hydrogen-bond acceptors (Lipinski definition) is 7. The zero-order chi connectivity index (χ0) is 21.1. The summed E-state index contributed by atoms with van der Waals surface area (Å²) in [4.78, 5) is 31.4. The van der Waals surface area contributed by atoms with Gasteiger partial charge in [0, 0.05) is 19.5 Å². The highest BCUT2D eigenvalue weighted by Gasteiger charge is 2.23. The normalized spacial score (nSPS) is 19.1. The number of morpholine rings is 1. The average molecular weight is 408 g/mol. The molecule has 3 aromatic rings. The molecule has 0 bridgehead atoms. The van der Waals surface area contributed by atoms with Crippen LogP contribution < -0.4 is 15.8 Å². The maximum Gasteiger partial charge on any atom is 0.277 e. The molecule has 4 rings (SSSR count). The summed E-state index contributed by atoms with van der Waals surface area (Å²) >= 11 is 0. The first-order chi connectivity index (χ1) is 14.5. The lowest BCUT2D eigenvalue weighted by Crippen LogP contribution is -2.45. The van der Waals surface area contributed by atoms with Gasteiger partial charge in [0.05, 0.1) is 36.0 Å². The van der Waals surface area contributed by atoms with Gasteiger partial charge in [0.15, 0.2) is 0 Å². The predicted octanol–water partition coefficient (Wildman–Crippen LogP) is 1.83. The Morgan fingerprint density at radius 1 is 1.17 bits per heavy atom. The number of nitrogens with one attached hydrogen (secondary N) is 1. The number of amides is 1. The third-order valence-electron chi connectivity index (χ3n) is 4.96. The lowest BCUT2D eigenvalue weighted by molar-refractivity contribution is -0.116. The molecule has 30 heavy (non-hydrogen) atoms. The van der Waals surface area contributed by atoms with E-state index in [-0.39, 0.29) is 36.6 Å². The van der Waals surface area contributed by atoms with Crippen LogP contribution in [-0.2, 0) is 16.1 Å². The van der Waals surface area contributed by atoms with Gasteiger partial charge in [-0.05, 0) is 38.1 Å². The van der Waals surface area contributed by atoms with Crippen LogP contribution in [0, 0.1) is 0 Å². The van der Waals surface area contributed by atoms with E-state index in [2.05, 4.69) is 25.5 Å². The van der Waals surface area contributed by atoms with Crippen molar-refractivity contribution in [3.8, 4) is 0 Å². The molecule has 1 aliphatic heterocycles. The van der Waals surface area contributed by atoms with E-state index in [0.29, 0.717) is 16.6 Å². The van der Waals surface area contributed by atoms with Crippen molar-refractivity contribution in [1.29, 1.82) is 0 Å². The smallest absolute Gasteiger partial charge is 0.277 e. The molecule has 9 nitrogen and oxygen atoms in total. The van der Waals surface area contributed by atoms with Gasteiger partial charge in [0.2, 0.25) is 5.91 Å². The molecule has 0 radical (unpaired) electrons. The zero-order valence-electron chi connectivity index (χ0n) is 17.0. The standard InChI is InChI=1S/C21H24N6O3/c1-14-12-26(13-15(2)30-14)19-8-7-16(11-22-19)23-20(28)9-10-27-21(29)17-5-3-4-6-18(17)24-25-27/h3-8,11,14-15H,9-10,12-13H2,1-2H3,(H,23,28). The van der Waals surface area contributed by atoms with Crippen LogP contribution in [0.5, 0.6) is 0 Å². The Bertz CT molecular complexity index is 1090. The van der Waals surface area contributed by atoms with E-state index >= 15 is 0 Å². The van der Waals surface area contributed by atoms with Crippen molar-refractivity contribution in [3.63, 3.8) is 0 Å². The van der Waals surface area contributed by atoms with Crippen LogP contribution in [0.25, 0.3) is 10.9 Å². The molecule has 3 heterocycles. The molecule has 0 spiro atoms. The summed E-state index contributed by atoms with van der Waals surface area (Å²) in [6, 6.07) is 10.7. The maximum absolute atomic E-state index is 12.4. The molecule has 2 aromatic heterocycles. The number of pyridine rings is 1. The van der Waals surface area contributed by atoms with E-state index in [1.54, 1.807) is 30.5 Å². The van der Waals surface area contributed by atoms with E-state index in [1.165, 1.54) is 4.68 Å². The molecule has 2 unspecified atom stereocenters. The lowest BCUT2D eigenvalue weighted by atomic mass is 10.2. The molecular formula is C21H24N6O3. The summed E-state index contributed by atoms with van der Waals surface area (Å²) in [7, 11) is 0. The maximum atomic E-state index is 12.4. The van der Waals surface area contributed by atoms with E-state index in [0.717, 1.165) is 18.9 Å². The fourth-order valence-electron chi connectivity index (χ4n) is 3.61. The van der Waals surface area contributed by atoms with E-state index < -0.39 is 0 Å². The molecule has 1 aromatic carbocycles. The largest absolute Gasteiger partial charge is 0.372 e. The first kappa shape index (κ1) is 20.0. The van der Waals surface area contributed by atoms with Crippen molar-refractivity contribution in [2.24, 2.45) is 0 Å². The van der Waals surface area contributed by atoms with E-state index in [9.17, 15) is 9.59 Å². The van der Waals surface area contributed by atoms with Gasteiger partial charge in [0.1, 0.15) is 11.3 Å². The number of nitrogens with zero attached hydrogens (tertiary/aromatic N) is 5. The van der Waals surface area contributed by atoms with Gasteiger partial charge in [0.25, 0.3) is 5.56 Å². The second-order valence-electron chi connectivity index (χ2n) is 7.50. The quantitative estimate of drug-likeness (QED) is 0.687. The van der Waals surface area contributed by atoms with Crippen LogP contribution in [0.2, 0.25) is 0 Å². The average Bonchev–Trinajstić information content (AvgIpc) is 2.73. The van der Waals surface area contributed by atoms with Gasteiger partial charge in [-0.15, -0.1) is 5.10 Å². The molecule has 9 heteroatoms. The van der Waals surface area contributed by atoms with Gasteiger partial charge in [-0.25, -0.2) is 9.67 Å². The highest BCUT2D eigenvalue weighted by molar-refractivity contribution is 5.90. The molecule has 0 aliphatic carbocycles. The Kier molecular flexibility index (Phi) is 5.71. The molecule has 1 saturated heterocycles. The zero-order valence-corrected chi connectivity index (χ0v) is 17.0. The van der Waals surface area contributed by atoms with Gasteiger partial charge in [-0.2, -0.15) is 0 Å². The van der Waals surface area contributed by atoms with Crippen molar-refractivity contribution in [2.75, 3.05) is 23.3 Å². The number of rotatable bonds is 5. The number of carbonyl (C=O) groups is 1. The summed E-state index contributed by atoms with van der Waals surface area (Å²) in [5.41, 5.74) is 0.891. The Morgan fingerprint density at radius 2 is 1.93 bits per heavy atom. The van der Waals surface area contributed by atoms with Gasteiger partial charge >= 0.3 is 0 Å². The Morgan fingerprint density at radius 3 is 2.67 bits per heavy atom. The summed E-state index contributed by atoms with van der Waals surface area (Å²) in [6.07, 6.45) is 2.04. The molecule has 1 fully saturated rings. The Hall–Kier alpha value is -3.33. The van der Waals surface area contributed by atoms with Crippen molar-refractivity contribution in [3.05, 3.63) is 52.9 Å². The fraction of sp³-hybridized carbons (Fsp3) is 0.381. The number of hydrogen-bond donors (Lipinski definition) is 1. The third-order valence-corrected chi connectivity index (χ3v) is 4.96. The second-order valence-corrected chi connectivity index (χ2v) is 7.50. The van der Waals surface area contributed by atoms with Crippen LogP contribution in [0.3, 0.4) is 0 Å². The lowest BCUT2D eigenvalue weighted by Gasteiger charge is -2.36. The Balaban J connectivity index is 1.35. The van der Waals surface area contributed by atoms with Crippen molar-refractivity contribution >= 4 is 28.3 Å². The summed E-state index contributed by atoms with van der Waals surface area (Å²) in [6.45, 7) is 5.80. The number of carbonyl (C=O) groups excluding carboxylic acids is 1. The molecule has 156 valence electrons. The summed E-state index contributed by atoms with van der Waals surface area (Å²) in [5, 5.41) is 11.2. The number of anilines is 2. The van der Waals surface area contributed by atoms with Crippen molar-refractivity contribution in [2.45, 2.75) is 39.0 Å². The number of aryl methyl sites for hydroxylation is 1. The SMILES string of the molecule is CC1CN(c2ccc(NC(=O)CCn3nnc4ccccc4c3=O)cn2)CC(C)O1. The Labute approximate surface area is 173 Å². The summed E-state index contributed by atoms with van der Waals surface area (Å²) < 4.78 is 6.96. The predicted molar refractivity (Wildman–Crippen MR) is 114 cm³/mol. The van der Waals surface area contributed by atoms with Gasteiger partial charge in [-0.1, -0.05) is 17.3 Å². The van der Waals surface area contributed by atoms with Gasteiger partial charge in [-0.3, -0.25) is 9.59 Å². The number of fused-ring (bicyclic) bond motifs is 1. The third kappa shape index (κ3) is 4.46. The van der Waals surface area contributed by atoms with Crippen LogP contribution >= 0.6 is 0 Å². The molecule has 1 amide bonds. The molecular weight excluding hydrogens is 384 g/mol. The summed E-state index contributed by atoms with van der Waals surface area (Å²) in [5.74, 6) is 0.632. The first-order valence-electron chi connectivity index (χ1n) is 9.98. The minimum atomic E-state index is -0.256. The highest BCUT2D eigenvalue weighted by Crippen LogP contribution is 2.19. The molecule has 1 N–H and O–H groups in total. The van der Waals surface area contributed by atoms with Crippen LogP contribution in [0.15, 0.2) is 47.4 Å². The number of benzene rings is 1. The van der Waals surface area contributed by atoms with Crippen LogP contribution in [0.1, 0.15) is 20.3 Å². The van der Waals surface area contributed by atoms with Crippen LogP contribution in [-0.4, -0.2) is 51.2 Å². The number of aromatic nitrogens is 4. The molecule has 2 atom stereocenters. The fourth-order valence-corrected chi connectivity index (χ4v) is 3.61. The van der Waals surface area contributed by atoms with E-state index in [1.807, 2.05) is 26.0 Å². The molecule has 1 aliphatic rings. The van der Waals surface area contributed by atoms with Crippen molar-refractivity contribution in [1.82, 2.24) is 20.0 Å². The van der Waals surface area contributed by atoms with Gasteiger partial charge < -0.3 is 15.0 Å². The highest BCUT2D eigenvalue weighted by atomic mass is 16.5. The minimum absolute atomic E-state index is 0.104.